The Morgan fingerprint density at radius 1 is 1.10 bits per heavy atom. The van der Waals surface area contributed by atoms with Crippen LogP contribution in [-0.4, -0.2) is 57.6 Å². The molecule has 1 aliphatic carbocycles. The summed E-state index contributed by atoms with van der Waals surface area (Å²) in [5, 5.41) is 4.25. The minimum Gasteiger partial charge on any atom is -0.337 e. The van der Waals surface area contributed by atoms with E-state index in [1.807, 2.05) is 0 Å². The van der Waals surface area contributed by atoms with Gasteiger partial charge in [-0.3, -0.25) is 4.79 Å². The zero-order chi connectivity index (χ0) is 21.0. The number of nitrogens with one attached hydrogen (secondary N) is 2. The second-order valence-electron chi connectivity index (χ2n) is 8.54. The first-order valence-electron chi connectivity index (χ1n) is 10.5. The molecular weight excluding hydrogens is 388 g/mol. The maximum Gasteiger partial charge on any atom is 0.271 e. The van der Waals surface area contributed by atoms with Crippen LogP contribution >= 0.6 is 0 Å². The molecule has 2 aliphatic rings. The number of hydrogen-bond acceptors (Lipinski definition) is 4. The number of hydrazone groups is 1. The molecule has 0 bridgehead atoms. The Morgan fingerprint density at radius 3 is 2.28 bits per heavy atom. The van der Waals surface area contributed by atoms with Crippen molar-refractivity contribution >= 4 is 21.6 Å². The number of sulfonamides is 1. The van der Waals surface area contributed by atoms with Crippen LogP contribution in [0.15, 0.2) is 34.3 Å². The molecule has 0 unspecified atom stereocenters. The van der Waals surface area contributed by atoms with Gasteiger partial charge in [0.1, 0.15) is 0 Å². The second kappa shape index (κ2) is 9.36. The van der Waals surface area contributed by atoms with Crippen molar-refractivity contribution in [2.24, 2.45) is 11.0 Å². The highest BCUT2D eigenvalue weighted by molar-refractivity contribution is 7.89. The normalized spacial score (nSPS) is 25.7. The maximum atomic E-state index is 12.9. The van der Waals surface area contributed by atoms with Gasteiger partial charge in [-0.25, -0.2) is 13.8 Å². The predicted molar refractivity (Wildman–Crippen MR) is 114 cm³/mol. The van der Waals surface area contributed by atoms with Gasteiger partial charge in [0, 0.05) is 37.2 Å². The molecule has 8 heteroatoms. The summed E-state index contributed by atoms with van der Waals surface area (Å²) < 4.78 is 27.4. The molecule has 1 aromatic rings. The van der Waals surface area contributed by atoms with Crippen LogP contribution in [0.3, 0.4) is 0 Å². The molecule has 3 rings (SSSR count). The van der Waals surface area contributed by atoms with Crippen LogP contribution in [0.1, 0.15) is 55.8 Å². The highest BCUT2D eigenvalue weighted by Crippen LogP contribution is 2.22. The first kappa shape index (κ1) is 21.9. The molecule has 0 radical (unpaired) electrons. The molecular formula is C21H33N4O3S+. The Balaban J connectivity index is 1.62. The number of carbonyl (C=O) groups excluding carboxylic acids is 1. The standard InChI is InChI=1S/C21H32N4O3S/c1-16-4-8-18(9-5-16)22-23-21(26)17-6-10-20(11-7-17)29(27,28)25(3)19-12-14-24(2)15-13-19/h6-7,10-11,16,19H,4-5,8-9,12-15H2,1-3H3,(H,23,26)/p+1. The van der Waals surface area contributed by atoms with Gasteiger partial charge in [0.05, 0.1) is 25.0 Å². The summed E-state index contributed by atoms with van der Waals surface area (Å²) in [6.07, 6.45) is 5.77. The van der Waals surface area contributed by atoms with E-state index < -0.39 is 10.0 Å². The fourth-order valence-corrected chi connectivity index (χ4v) is 5.42. The molecule has 1 heterocycles. The number of rotatable bonds is 5. The molecule has 0 spiro atoms. The van der Waals surface area contributed by atoms with Gasteiger partial charge in [-0.1, -0.05) is 6.92 Å². The lowest BCUT2D eigenvalue weighted by Crippen LogP contribution is -3.10. The van der Waals surface area contributed by atoms with E-state index in [0.717, 1.165) is 57.3 Å². The average Bonchev–Trinajstić information content (AvgIpc) is 2.73. The largest absolute Gasteiger partial charge is 0.337 e. The quantitative estimate of drug-likeness (QED) is 0.703. The van der Waals surface area contributed by atoms with E-state index in [4.69, 9.17) is 0 Å². The number of carbonyl (C=O) groups is 1. The fourth-order valence-electron chi connectivity index (χ4n) is 4.00. The molecule has 0 atom stereocenters. The third kappa shape index (κ3) is 5.43. The van der Waals surface area contributed by atoms with Gasteiger partial charge in [0.2, 0.25) is 10.0 Å². The average molecular weight is 422 g/mol. The monoisotopic (exact) mass is 421 g/mol. The summed E-state index contributed by atoms with van der Waals surface area (Å²) in [4.78, 5) is 14.0. The van der Waals surface area contributed by atoms with E-state index in [2.05, 4.69) is 24.5 Å². The Kier molecular flexibility index (Phi) is 7.08. The molecule has 7 nitrogen and oxygen atoms in total. The Morgan fingerprint density at radius 2 is 1.69 bits per heavy atom. The lowest BCUT2D eigenvalue weighted by Gasteiger charge is -2.32. The lowest BCUT2D eigenvalue weighted by molar-refractivity contribution is -0.885. The Bertz CT molecular complexity index is 833. The molecule has 1 aliphatic heterocycles. The first-order chi connectivity index (χ1) is 13.8. The van der Waals surface area contributed by atoms with E-state index >= 15 is 0 Å². The van der Waals surface area contributed by atoms with Gasteiger partial charge < -0.3 is 4.90 Å². The van der Waals surface area contributed by atoms with Crippen molar-refractivity contribution in [3.63, 3.8) is 0 Å². The van der Waals surface area contributed by atoms with Crippen molar-refractivity contribution in [2.45, 2.75) is 56.4 Å². The van der Waals surface area contributed by atoms with Crippen LogP contribution in [-0.2, 0) is 10.0 Å². The molecule has 1 saturated carbocycles. The van der Waals surface area contributed by atoms with Crippen molar-refractivity contribution < 1.29 is 18.1 Å². The number of quaternary nitrogens is 1. The van der Waals surface area contributed by atoms with Crippen molar-refractivity contribution in [1.29, 1.82) is 0 Å². The third-order valence-electron chi connectivity index (χ3n) is 6.28. The van der Waals surface area contributed by atoms with Crippen LogP contribution in [0, 0.1) is 5.92 Å². The molecule has 1 saturated heterocycles. The molecule has 29 heavy (non-hydrogen) atoms. The van der Waals surface area contributed by atoms with Gasteiger partial charge in [0.15, 0.2) is 0 Å². The summed E-state index contributed by atoms with van der Waals surface area (Å²) in [7, 11) is 0.220. The van der Waals surface area contributed by atoms with Gasteiger partial charge in [-0.15, -0.1) is 0 Å². The van der Waals surface area contributed by atoms with Crippen LogP contribution in [0.25, 0.3) is 0 Å². The zero-order valence-electron chi connectivity index (χ0n) is 17.6. The summed E-state index contributed by atoms with van der Waals surface area (Å²) in [6, 6.07) is 6.16. The minimum atomic E-state index is -3.57. The van der Waals surface area contributed by atoms with Crippen LogP contribution in [0.2, 0.25) is 0 Å². The Hall–Kier alpha value is -1.77. The fraction of sp³-hybridized carbons (Fsp3) is 0.619. The highest BCUT2D eigenvalue weighted by Gasteiger charge is 2.31. The highest BCUT2D eigenvalue weighted by atomic mass is 32.2. The van der Waals surface area contributed by atoms with Gasteiger partial charge >= 0.3 is 0 Å². The summed E-state index contributed by atoms with van der Waals surface area (Å²) in [6.45, 7) is 4.19. The Labute approximate surface area is 174 Å². The van der Waals surface area contributed by atoms with Crippen molar-refractivity contribution in [2.75, 3.05) is 27.2 Å². The topological polar surface area (TPSA) is 83.3 Å². The van der Waals surface area contributed by atoms with Crippen molar-refractivity contribution in [3.8, 4) is 0 Å². The summed E-state index contributed by atoms with van der Waals surface area (Å²) >= 11 is 0. The maximum absolute atomic E-state index is 12.9. The number of amides is 1. The SMILES string of the molecule is CC1CCC(=NNC(=O)c2ccc(S(=O)(=O)N(C)C3CC[NH+](C)CC3)cc2)CC1. The first-order valence-corrected chi connectivity index (χ1v) is 12.0. The van der Waals surface area contributed by atoms with Gasteiger partial charge in [-0.2, -0.15) is 9.41 Å². The van der Waals surface area contributed by atoms with Crippen molar-refractivity contribution in [3.05, 3.63) is 29.8 Å². The molecule has 2 fully saturated rings. The number of nitrogens with zero attached hydrogens (tertiary/aromatic N) is 2. The summed E-state index contributed by atoms with van der Waals surface area (Å²) in [5.74, 6) is 0.403. The van der Waals surface area contributed by atoms with E-state index in [0.29, 0.717) is 11.5 Å². The zero-order valence-corrected chi connectivity index (χ0v) is 18.5. The molecule has 0 aromatic heterocycles. The molecule has 2 N–H and O–H groups in total. The number of hydrogen-bond donors (Lipinski definition) is 2. The number of piperidine rings is 1. The summed E-state index contributed by atoms with van der Waals surface area (Å²) in [5.41, 5.74) is 4.04. The van der Waals surface area contributed by atoms with Crippen LogP contribution < -0.4 is 10.3 Å². The van der Waals surface area contributed by atoms with E-state index in [-0.39, 0.29) is 16.8 Å². The third-order valence-corrected chi connectivity index (χ3v) is 8.21. The van der Waals surface area contributed by atoms with E-state index in [1.54, 1.807) is 19.2 Å². The molecule has 1 amide bonds. The number of benzene rings is 1. The van der Waals surface area contributed by atoms with Crippen molar-refractivity contribution in [1.82, 2.24) is 9.73 Å². The molecule has 1 aromatic carbocycles. The minimum absolute atomic E-state index is 0.0284. The van der Waals surface area contributed by atoms with E-state index in [9.17, 15) is 13.2 Å². The molecule has 160 valence electrons. The lowest BCUT2D eigenvalue weighted by atomic mass is 9.90. The smallest absolute Gasteiger partial charge is 0.271 e. The number of likely N-dealkylation sites (tertiary alicyclic amines) is 1. The van der Waals surface area contributed by atoms with E-state index in [1.165, 1.54) is 21.3 Å². The predicted octanol–water partition coefficient (Wildman–Crippen LogP) is 1.28. The van der Waals surface area contributed by atoms with Gasteiger partial charge in [-0.05, 0) is 55.9 Å². The second-order valence-corrected chi connectivity index (χ2v) is 10.5. The van der Waals surface area contributed by atoms with Gasteiger partial charge in [0.25, 0.3) is 5.91 Å². The van der Waals surface area contributed by atoms with Crippen LogP contribution in [0.5, 0.6) is 0 Å². The van der Waals surface area contributed by atoms with Crippen LogP contribution in [0.4, 0.5) is 0 Å².